The lowest BCUT2D eigenvalue weighted by molar-refractivity contribution is 0.789. The summed E-state index contributed by atoms with van der Waals surface area (Å²) >= 11 is 1.70. The maximum absolute atomic E-state index is 4.25. The van der Waals surface area contributed by atoms with Crippen LogP contribution in [0.25, 0.3) is 0 Å². The van der Waals surface area contributed by atoms with E-state index < -0.39 is 0 Å². The van der Waals surface area contributed by atoms with Crippen molar-refractivity contribution in [1.29, 1.82) is 0 Å². The number of pyridine rings is 1. The highest BCUT2D eigenvalue weighted by atomic mass is 35.5. The van der Waals surface area contributed by atoms with Crippen molar-refractivity contribution in [2.45, 2.75) is 10.9 Å². The zero-order valence-electron chi connectivity index (χ0n) is 8.74. The molecule has 0 saturated heterocycles. The van der Waals surface area contributed by atoms with E-state index in [2.05, 4.69) is 9.97 Å². The molecule has 0 spiro atoms. The molecule has 0 bridgehead atoms. The van der Waals surface area contributed by atoms with E-state index in [1.165, 1.54) is 0 Å². The Bertz CT molecular complexity index is 405. The average molecular weight is 278 g/mol. The van der Waals surface area contributed by atoms with Crippen LogP contribution in [0.3, 0.4) is 0 Å². The predicted molar refractivity (Wildman–Crippen MR) is 71.5 cm³/mol. The summed E-state index contributed by atoms with van der Waals surface area (Å²) in [5, 5.41) is 1.02. The minimum Gasteiger partial charge on any atom is -0.329 e. The third-order valence-corrected chi connectivity index (χ3v) is 2.94. The number of imidazole rings is 1. The van der Waals surface area contributed by atoms with Crippen molar-refractivity contribution >= 4 is 36.6 Å². The van der Waals surface area contributed by atoms with Gasteiger partial charge in [-0.2, -0.15) is 0 Å². The number of hydrogen-bond acceptors (Lipinski definition) is 3. The van der Waals surface area contributed by atoms with Crippen LogP contribution < -0.4 is 0 Å². The van der Waals surface area contributed by atoms with Crippen LogP contribution in [0.4, 0.5) is 0 Å². The van der Waals surface area contributed by atoms with Gasteiger partial charge in [0.2, 0.25) is 0 Å². The number of hydrogen-bond donors (Lipinski definition) is 0. The quantitative estimate of drug-likeness (QED) is 0.809. The predicted octanol–water partition coefficient (Wildman–Crippen LogP) is 2.95. The Kier molecular flexibility index (Phi) is 7.21. The number of thioether (sulfide) groups is 1. The molecule has 0 fully saturated rings. The van der Waals surface area contributed by atoms with Crippen LogP contribution in [-0.4, -0.2) is 14.5 Å². The minimum atomic E-state index is 0. The van der Waals surface area contributed by atoms with Crippen molar-refractivity contribution in [3.63, 3.8) is 0 Å². The summed E-state index contributed by atoms with van der Waals surface area (Å²) in [5.41, 5.74) is 1.08. The van der Waals surface area contributed by atoms with Crippen LogP contribution in [0.1, 0.15) is 5.69 Å². The zero-order chi connectivity index (χ0) is 9.80. The van der Waals surface area contributed by atoms with Gasteiger partial charge in [0.25, 0.3) is 0 Å². The molecule has 0 aliphatic carbocycles. The summed E-state index contributed by atoms with van der Waals surface area (Å²) in [5.74, 6) is 0.867. The van der Waals surface area contributed by atoms with E-state index in [1.54, 1.807) is 18.0 Å². The third kappa shape index (κ3) is 4.04. The largest absolute Gasteiger partial charge is 0.329 e. The lowest BCUT2D eigenvalue weighted by Crippen LogP contribution is -1.90. The smallest absolute Gasteiger partial charge is 0.168 e. The number of rotatable bonds is 3. The van der Waals surface area contributed by atoms with E-state index in [0.29, 0.717) is 0 Å². The Balaban J connectivity index is 0.00000112. The van der Waals surface area contributed by atoms with Gasteiger partial charge < -0.3 is 4.57 Å². The normalized spacial score (nSPS) is 9.06. The maximum Gasteiger partial charge on any atom is 0.168 e. The monoisotopic (exact) mass is 277 g/mol. The summed E-state index contributed by atoms with van der Waals surface area (Å²) < 4.78 is 2.01. The van der Waals surface area contributed by atoms with Crippen LogP contribution in [0.2, 0.25) is 0 Å². The first-order valence-corrected chi connectivity index (χ1v) is 5.35. The van der Waals surface area contributed by atoms with E-state index >= 15 is 0 Å². The van der Waals surface area contributed by atoms with Crippen molar-refractivity contribution < 1.29 is 0 Å². The Morgan fingerprint density at radius 1 is 1.19 bits per heavy atom. The molecule has 6 heteroatoms. The molecule has 0 amide bonds. The number of aryl methyl sites for hydroxylation is 1. The molecule has 2 heterocycles. The lowest BCUT2D eigenvalue weighted by Gasteiger charge is -2.00. The lowest BCUT2D eigenvalue weighted by atomic mass is 10.4. The van der Waals surface area contributed by atoms with Gasteiger partial charge in [0.15, 0.2) is 5.16 Å². The fraction of sp³-hybridized carbons (Fsp3) is 0.200. The molecule has 0 aromatic carbocycles. The molecule has 2 aromatic rings. The van der Waals surface area contributed by atoms with Gasteiger partial charge in [-0.05, 0) is 12.1 Å². The van der Waals surface area contributed by atoms with E-state index in [4.69, 9.17) is 0 Å². The first-order valence-electron chi connectivity index (χ1n) is 4.36. The third-order valence-electron chi connectivity index (χ3n) is 1.85. The standard InChI is InChI=1S/C10H11N3S.2ClH/c1-13-7-6-12-10(13)14-8-9-4-2-3-5-11-9;;/h2-7H,8H2,1H3;2*1H. The van der Waals surface area contributed by atoms with Crippen molar-refractivity contribution in [3.8, 4) is 0 Å². The van der Waals surface area contributed by atoms with Crippen molar-refractivity contribution in [3.05, 3.63) is 42.5 Å². The van der Waals surface area contributed by atoms with E-state index in [1.807, 2.05) is 42.2 Å². The molecule has 0 aliphatic rings. The van der Waals surface area contributed by atoms with Gasteiger partial charge in [-0.3, -0.25) is 4.98 Å². The molecule has 2 rings (SSSR count). The summed E-state index contributed by atoms with van der Waals surface area (Å²) in [4.78, 5) is 8.48. The Morgan fingerprint density at radius 3 is 2.56 bits per heavy atom. The number of nitrogens with zero attached hydrogens (tertiary/aromatic N) is 3. The summed E-state index contributed by atoms with van der Waals surface area (Å²) in [6.45, 7) is 0. The van der Waals surface area contributed by atoms with E-state index in [-0.39, 0.29) is 24.8 Å². The molecule has 0 unspecified atom stereocenters. The summed E-state index contributed by atoms with van der Waals surface area (Å²) in [7, 11) is 1.99. The second-order valence-corrected chi connectivity index (χ2v) is 3.87. The van der Waals surface area contributed by atoms with E-state index in [9.17, 15) is 0 Å². The highest BCUT2D eigenvalue weighted by Crippen LogP contribution is 2.18. The number of halogens is 2. The molecular weight excluding hydrogens is 265 g/mol. The first kappa shape index (κ1) is 15.3. The molecule has 0 N–H and O–H groups in total. The summed E-state index contributed by atoms with van der Waals surface area (Å²) in [6.07, 6.45) is 5.57. The zero-order valence-corrected chi connectivity index (χ0v) is 11.2. The van der Waals surface area contributed by atoms with Crippen LogP contribution >= 0.6 is 36.6 Å². The van der Waals surface area contributed by atoms with Gasteiger partial charge in [0.1, 0.15) is 0 Å². The Morgan fingerprint density at radius 2 is 2.00 bits per heavy atom. The second kappa shape index (κ2) is 7.54. The molecule has 0 saturated carbocycles. The van der Waals surface area contributed by atoms with E-state index in [0.717, 1.165) is 16.6 Å². The van der Waals surface area contributed by atoms with Gasteiger partial charge in [-0.15, -0.1) is 24.8 Å². The molecular formula is C10H13Cl2N3S. The molecule has 2 aromatic heterocycles. The SMILES string of the molecule is Cl.Cl.Cn1ccnc1SCc1ccccn1. The fourth-order valence-corrected chi connectivity index (χ4v) is 1.96. The van der Waals surface area contributed by atoms with Crippen LogP contribution in [0.15, 0.2) is 41.9 Å². The van der Waals surface area contributed by atoms with Gasteiger partial charge in [0.05, 0.1) is 5.69 Å². The molecule has 3 nitrogen and oxygen atoms in total. The molecule has 88 valence electrons. The van der Waals surface area contributed by atoms with Gasteiger partial charge in [-0.1, -0.05) is 17.8 Å². The average Bonchev–Trinajstić information content (AvgIpc) is 2.63. The first-order chi connectivity index (χ1) is 6.86. The Labute approximate surface area is 112 Å². The van der Waals surface area contributed by atoms with Crippen molar-refractivity contribution in [2.24, 2.45) is 7.05 Å². The maximum atomic E-state index is 4.25. The van der Waals surface area contributed by atoms with Crippen LogP contribution in [-0.2, 0) is 12.8 Å². The Hall–Kier alpha value is -0.710. The van der Waals surface area contributed by atoms with Crippen molar-refractivity contribution in [1.82, 2.24) is 14.5 Å². The van der Waals surface area contributed by atoms with Crippen LogP contribution in [0.5, 0.6) is 0 Å². The topological polar surface area (TPSA) is 30.7 Å². The number of aromatic nitrogens is 3. The van der Waals surface area contributed by atoms with Crippen molar-refractivity contribution in [2.75, 3.05) is 0 Å². The molecule has 0 aliphatic heterocycles. The molecule has 0 radical (unpaired) electrons. The second-order valence-electron chi connectivity index (χ2n) is 2.93. The fourth-order valence-electron chi connectivity index (χ4n) is 1.11. The molecule has 16 heavy (non-hydrogen) atoms. The van der Waals surface area contributed by atoms with Crippen LogP contribution in [0, 0.1) is 0 Å². The minimum absolute atomic E-state index is 0. The molecule has 0 atom stereocenters. The van der Waals surface area contributed by atoms with Gasteiger partial charge >= 0.3 is 0 Å². The summed E-state index contributed by atoms with van der Waals surface area (Å²) in [6, 6.07) is 5.95. The van der Waals surface area contributed by atoms with Gasteiger partial charge in [-0.25, -0.2) is 4.98 Å². The highest BCUT2D eigenvalue weighted by Gasteiger charge is 2.00. The highest BCUT2D eigenvalue weighted by molar-refractivity contribution is 7.98. The van der Waals surface area contributed by atoms with Gasteiger partial charge in [0, 0.05) is 31.4 Å².